The van der Waals surface area contributed by atoms with Crippen LogP contribution in [0.5, 0.6) is 0 Å². The number of benzene rings is 1. The first-order valence-electron chi connectivity index (χ1n) is 6.04. The third-order valence-corrected chi connectivity index (χ3v) is 3.36. The molecule has 0 heterocycles. The number of rotatable bonds is 6. The van der Waals surface area contributed by atoms with Crippen LogP contribution in [0.2, 0.25) is 5.02 Å². The van der Waals surface area contributed by atoms with Gasteiger partial charge in [-0.2, -0.15) is 0 Å². The van der Waals surface area contributed by atoms with Crippen molar-refractivity contribution < 1.29 is 8.42 Å². The number of nitrogens with one attached hydrogen (secondary N) is 3. The van der Waals surface area contributed by atoms with E-state index in [0.29, 0.717) is 30.6 Å². The van der Waals surface area contributed by atoms with Crippen LogP contribution in [0.3, 0.4) is 0 Å². The normalized spacial score (nSPS) is 11.7. The summed E-state index contributed by atoms with van der Waals surface area (Å²) in [7, 11) is -1.50. The van der Waals surface area contributed by atoms with Crippen LogP contribution in [-0.4, -0.2) is 40.8 Å². The Labute approximate surface area is 147 Å². The minimum absolute atomic E-state index is 0. The highest BCUT2D eigenvalue weighted by Crippen LogP contribution is 2.08. The zero-order valence-corrected chi connectivity index (χ0v) is 15.8. The topological polar surface area (TPSA) is 82.6 Å². The number of halogens is 2. The number of hydrogen-bond acceptors (Lipinski definition) is 3. The Morgan fingerprint density at radius 1 is 1.19 bits per heavy atom. The molecule has 0 radical (unpaired) electrons. The molecule has 1 aromatic carbocycles. The fourth-order valence-electron chi connectivity index (χ4n) is 1.43. The lowest BCUT2D eigenvalue weighted by Crippen LogP contribution is -2.41. The van der Waals surface area contributed by atoms with Crippen molar-refractivity contribution in [3.05, 3.63) is 34.9 Å². The van der Waals surface area contributed by atoms with E-state index in [0.717, 1.165) is 11.8 Å². The van der Waals surface area contributed by atoms with Gasteiger partial charge in [0, 0.05) is 31.7 Å². The lowest BCUT2D eigenvalue weighted by Gasteiger charge is -2.12. The first-order valence-corrected chi connectivity index (χ1v) is 8.31. The van der Waals surface area contributed by atoms with Crippen LogP contribution in [0.15, 0.2) is 29.3 Å². The molecule has 0 atom stereocenters. The predicted octanol–water partition coefficient (Wildman–Crippen LogP) is 1.17. The largest absolute Gasteiger partial charge is 0.355 e. The Kier molecular flexibility index (Phi) is 9.92. The fourth-order valence-corrected chi connectivity index (χ4v) is 2.02. The molecule has 0 aliphatic rings. The first-order chi connectivity index (χ1) is 9.40. The van der Waals surface area contributed by atoms with Gasteiger partial charge in [-0.05, 0) is 17.7 Å². The minimum atomic E-state index is -3.15. The van der Waals surface area contributed by atoms with E-state index in [-0.39, 0.29) is 24.0 Å². The van der Waals surface area contributed by atoms with Crippen LogP contribution < -0.4 is 15.4 Å². The number of sulfonamides is 1. The molecule has 0 amide bonds. The highest BCUT2D eigenvalue weighted by molar-refractivity contribution is 14.0. The van der Waals surface area contributed by atoms with E-state index in [9.17, 15) is 8.42 Å². The molecule has 0 aliphatic heterocycles. The third-order valence-electron chi connectivity index (χ3n) is 2.38. The van der Waals surface area contributed by atoms with Crippen molar-refractivity contribution in [2.45, 2.75) is 6.54 Å². The van der Waals surface area contributed by atoms with Gasteiger partial charge in [0.25, 0.3) is 0 Å². The van der Waals surface area contributed by atoms with Crippen molar-refractivity contribution in [2.24, 2.45) is 4.99 Å². The molecular weight excluding hydrogens is 427 g/mol. The van der Waals surface area contributed by atoms with Gasteiger partial charge in [-0.25, -0.2) is 13.1 Å². The van der Waals surface area contributed by atoms with E-state index in [1.807, 2.05) is 24.3 Å². The van der Waals surface area contributed by atoms with Gasteiger partial charge in [-0.3, -0.25) is 4.99 Å². The summed E-state index contributed by atoms with van der Waals surface area (Å²) in [5.41, 5.74) is 1.08. The molecule has 3 N–H and O–H groups in total. The Morgan fingerprint density at radius 2 is 1.81 bits per heavy atom. The van der Waals surface area contributed by atoms with Gasteiger partial charge in [-0.15, -0.1) is 24.0 Å². The maximum Gasteiger partial charge on any atom is 0.208 e. The summed E-state index contributed by atoms with van der Waals surface area (Å²) in [6.45, 7) is 1.37. The second kappa shape index (κ2) is 10.2. The van der Waals surface area contributed by atoms with Gasteiger partial charge < -0.3 is 10.6 Å². The first kappa shape index (κ1) is 20.4. The Morgan fingerprint density at radius 3 is 2.33 bits per heavy atom. The minimum Gasteiger partial charge on any atom is -0.355 e. The van der Waals surface area contributed by atoms with Crippen molar-refractivity contribution in [3.63, 3.8) is 0 Å². The van der Waals surface area contributed by atoms with E-state index in [1.165, 1.54) is 0 Å². The molecule has 0 saturated carbocycles. The van der Waals surface area contributed by atoms with Crippen LogP contribution in [0.4, 0.5) is 0 Å². The van der Waals surface area contributed by atoms with E-state index in [4.69, 9.17) is 11.6 Å². The number of aliphatic imine (C=N–C) groups is 1. The Bertz CT molecular complexity index is 549. The Balaban J connectivity index is 0.00000400. The van der Waals surface area contributed by atoms with Crippen molar-refractivity contribution in [2.75, 3.05) is 26.4 Å². The summed E-state index contributed by atoms with van der Waals surface area (Å²) in [4.78, 5) is 4.05. The lowest BCUT2D eigenvalue weighted by atomic mass is 10.2. The van der Waals surface area contributed by atoms with Crippen molar-refractivity contribution in [1.82, 2.24) is 15.4 Å². The van der Waals surface area contributed by atoms with Crippen molar-refractivity contribution >= 4 is 51.6 Å². The van der Waals surface area contributed by atoms with Crippen molar-refractivity contribution in [3.8, 4) is 0 Å². The summed E-state index contributed by atoms with van der Waals surface area (Å²) in [5, 5.41) is 6.83. The zero-order valence-electron chi connectivity index (χ0n) is 11.9. The maximum absolute atomic E-state index is 10.9. The molecule has 21 heavy (non-hydrogen) atoms. The molecule has 6 nitrogen and oxygen atoms in total. The van der Waals surface area contributed by atoms with Crippen LogP contribution >= 0.6 is 35.6 Å². The van der Waals surface area contributed by atoms with Crippen LogP contribution in [0.1, 0.15) is 5.56 Å². The molecule has 0 bridgehead atoms. The highest BCUT2D eigenvalue weighted by atomic mass is 127. The number of hydrogen-bond donors (Lipinski definition) is 3. The molecule has 0 aliphatic carbocycles. The Hall–Kier alpha value is -0.580. The van der Waals surface area contributed by atoms with Gasteiger partial charge in [0.05, 0.1) is 6.26 Å². The van der Waals surface area contributed by atoms with Gasteiger partial charge in [0.1, 0.15) is 0 Å². The molecule has 9 heteroatoms. The number of nitrogens with zero attached hydrogens (tertiary/aromatic N) is 1. The molecule has 0 aromatic heterocycles. The third kappa shape index (κ3) is 9.88. The molecule has 0 unspecified atom stereocenters. The van der Waals surface area contributed by atoms with Gasteiger partial charge >= 0.3 is 0 Å². The van der Waals surface area contributed by atoms with Crippen LogP contribution in [-0.2, 0) is 16.6 Å². The summed E-state index contributed by atoms with van der Waals surface area (Å²) in [5.74, 6) is 0.607. The average Bonchev–Trinajstić information content (AvgIpc) is 2.39. The van der Waals surface area contributed by atoms with Gasteiger partial charge in [0.15, 0.2) is 5.96 Å². The van der Waals surface area contributed by atoms with E-state index in [2.05, 4.69) is 20.3 Å². The smallest absolute Gasteiger partial charge is 0.208 e. The van der Waals surface area contributed by atoms with Crippen molar-refractivity contribution in [1.29, 1.82) is 0 Å². The molecule has 0 fully saturated rings. The number of guanidine groups is 1. The van der Waals surface area contributed by atoms with Gasteiger partial charge in [-0.1, -0.05) is 23.7 Å². The summed E-state index contributed by atoms with van der Waals surface area (Å²) < 4.78 is 24.2. The molecule has 0 saturated heterocycles. The summed E-state index contributed by atoms with van der Waals surface area (Å²) >= 11 is 5.81. The summed E-state index contributed by atoms with van der Waals surface area (Å²) in [6.07, 6.45) is 1.13. The van der Waals surface area contributed by atoms with Crippen LogP contribution in [0, 0.1) is 0 Å². The summed E-state index contributed by atoms with van der Waals surface area (Å²) in [6, 6.07) is 7.50. The fraction of sp³-hybridized carbons (Fsp3) is 0.417. The highest BCUT2D eigenvalue weighted by Gasteiger charge is 2.01. The predicted molar refractivity (Wildman–Crippen MR) is 97.9 cm³/mol. The zero-order chi connectivity index (χ0) is 15.0. The molecule has 120 valence electrons. The molecule has 1 aromatic rings. The maximum atomic E-state index is 10.9. The lowest BCUT2D eigenvalue weighted by molar-refractivity contribution is 0.586. The van der Waals surface area contributed by atoms with E-state index >= 15 is 0 Å². The quantitative estimate of drug-likeness (QED) is 0.265. The van der Waals surface area contributed by atoms with E-state index in [1.54, 1.807) is 7.05 Å². The SMILES string of the molecule is CN=C(NCCNS(C)(=O)=O)NCc1ccc(Cl)cc1.I. The molecular formula is C12H20ClIN4O2S. The van der Waals surface area contributed by atoms with Crippen LogP contribution in [0.25, 0.3) is 0 Å². The average molecular weight is 447 g/mol. The monoisotopic (exact) mass is 446 g/mol. The second-order valence-electron chi connectivity index (χ2n) is 4.15. The molecule has 1 rings (SSSR count). The van der Waals surface area contributed by atoms with Gasteiger partial charge in [0.2, 0.25) is 10.0 Å². The van der Waals surface area contributed by atoms with E-state index < -0.39 is 10.0 Å². The standard InChI is InChI=1S/C12H19ClN4O2S.HI/c1-14-12(15-7-8-17-20(2,18)19)16-9-10-3-5-11(13)6-4-10;/h3-6,17H,7-9H2,1-2H3,(H2,14,15,16);1H. The molecule has 0 spiro atoms. The second-order valence-corrected chi connectivity index (χ2v) is 6.41.